The van der Waals surface area contributed by atoms with Crippen molar-refractivity contribution in [1.82, 2.24) is 0 Å². The third-order valence-electron chi connectivity index (χ3n) is 14.1. The second kappa shape index (κ2) is 10.5. The molecule has 0 aromatic heterocycles. The second-order valence-electron chi connectivity index (χ2n) is 15.8. The van der Waals surface area contributed by atoms with Crippen molar-refractivity contribution in [2.24, 2.45) is 34.0 Å². The molecule has 6 unspecified atom stereocenters. The van der Waals surface area contributed by atoms with Crippen LogP contribution < -0.4 is 0 Å². The lowest BCUT2D eigenvalue weighted by Gasteiger charge is -2.65. The molecule has 280 valence electrons. The van der Waals surface area contributed by atoms with E-state index in [0.29, 0.717) is 0 Å². The smallest absolute Gasteiger partial charge is 0.366 e. The quantitative estimate of drug-likeness (QED) is 0.140. The molecule has 16 heteroatoms. The van der Waals surface area contributed by atoms with Gasteiger partial charge in [0.2, 0.25) is 6.29 Å². The zero-order chi connectivity index (χ0) is 36.9. The van der Waals surface area contributed by atoms with Crippen LogP contribution >= 0.6 is 0 Å². The minimum atomic E-state index is -2.82. The number of hydrogen-bond acceptors (Lipinski definition) is 16. The lowest BCUT2D eigenvalue weighted by Crippen LogP contribution is -2.79. The van der Waals surface area contributed by atoms with E-state index in [1.807, 2.05) is 0 Å². The van der Waals surface area contributed by atoms with Gasteiger partial charge in [-0.25, -0.2) is 9.59 Å². The van der Waals surface area contributed by atoms with Gasteiger partial charge in [0.25, 0.3) is 5.79 Å². The number of fused-ring (bicyclic) bond motifs is 7. The minimum absolute atomic E-state index is 0.235. The molecule has 4 saturated heterocycles. The Bertz CT molecular complexity index is 1660. The second-order valence-corrected chi connectivity index (χ2v) is 15.8. The maximum absolute atomic E-state index is 14.2. The van der Waals surface area contributed by atoms with E-state index in [0.717, 1.165) is 14.2 Å². The van der Waals surface area contributed by atoms with Crippen molar-refractivity contribution in [3.8, 4) is 0 Å². The Kier molecular flexibility index (Phi) is 7.20. The molecule has 0 amide bonds. The van der Waals surface area contributed by atoms with Crippen molar-refractivity contribution in [3.05, 3.63) is 24.0 Å². The van der Waals surface area contributed by atoms with E-state index >= 15 is 0 Å². The number of allylic oxidation sites excluding steroid dienone is 1. The fourth-order valence-corrected chi connectivity index (χ4v) is 12.2. The number of esters is 4. The Morgan fingerprint density at radius 2 is 1.67 bits per heavy atom. The van der Waals surface area contributed by atoms with Crippen molar-refractivity contribution in [2.45, 2.75) is 107 Å². The van der Waals surface area contributed by atoms with E-state index in [-0.39, 0.29) is 18.4 Å². The minimum Gasteiger partial charge on any atom is -0.469 e. The van der Waals surface area contributed by atoms with Crippen LogP contribution in [0.1, 0.15) is 47.5 Å². The van der Waals surface area contributed by atoms with Gasteiger partial charge in [-0.2, -0.15) is 0 Å². The highest BCUT2D eigenvalue weighted by atomic mass is 16.7. The standard InChI is InChI=1S/C35H44O16/c1-8-15(2)24(38)49-18-12-19(48-16(3)36)32(26(39)43-6)13-46-21-22(32)31(18)14-47-34(42,27(40)44-7)25(31)29(4,23(21)37)35-20-11-17(30(35,5)51-35)33(41)9-10-45-28(33)50-20/h8-10,17-23,25,28,37,41-42H,11-14H2,1-7H3/b15-8+/t17?,18-,19+,20+,21+,22?,23+,25-,28-,29+,30?,31-,32-,33?,34?,35?/m0/s1. The van der Waals surface area contributed by atoms with Gasteiger partial charge in [0.05, 0.1) is 52.0 Å². The summed E-state index contributed by atoms with van der Waals surface area (Å²) in [6.45, 7) is 6.88. The Hall–Kier alpha value is -3.12. The van der Waals surface area contributed by atoms with Crippen LogP contribution in [0.2, 0.25) is 0 Å². The molecule has 7 fully saturated rings. The molecular weight excluding hydrogens is 676 g/mol. The van der Waals surface area contributed by atoms with E-state index < -0.39 is 130 Å². The summed E-state index contributed by atoms with van der Waals surface area (Å²) in [6.07, 6.45) is -3.11. The van der Waals surface area contributed by atoms with Gasteiger partial charge in [-0.05, 0) is 33.3 Å². The summed E-state index contributed by atoms with van der Waals surface area (Å²) in [5.74, 6) is -9.76. The van der Waals surface area contributed by atoms with E-state index in [2.05, 4.69) is 0 Å². The third kappa shape index (κ3) is 3.65. The Balaban J connectivity index is 1.40. The predicted molar refractivity (Wildman–Crippen MR) is 164 cm³/mol. The molecule has 0 aromatic carbocycles. The molecular formula is C35H44O16. The Morgan fingerprint density at radius 1 is 0.961 bits per heavy atom. The lowest BCUT2D eigenvalue weighted by atomic mass is 9.37. The zero-order valence-corrected chi connectivity index (χ0v) is 29.4. The van der Waals surface area contributed by atoms with Crippen molar-refractivity contribution in [3.63, 3.8) is 0 Å². The first-order valence-corrected chi connectivity index (χ1v) is 17.2. The molecule has 0 radical (unpaired) electrons. The summed E-state index contributed by atoms with van der Waals surface area (Å²) in [6, 6.07) is 0. The topological polar surface area (TPSA) is 215 Å². The molecule has 1 spiro atoms. The van der Waals surface area contributed by atoms with E-state index in [1.54, 1.807) is 33.8 Å². The number of aliphatic hydroxyl groups excluding tert-OH is 1. The SMILES string of the molecule is C/C=C(\C)C(=O)O[C@H]1C[C@@H](OC(C)=O)[C@@]2(C(=O)OC)CO[C@@H]3C2[C@]12COC(O)(C(=O)OC)[C@H]2[C@](C)(C12OC1(C)C1C[C@H]2O[C@@H]2OC=CC12O)[C@@H]3O. The molecule has 16 atom stereocenters. The highest BCUT2D eigenvalue weighted by Gasteiger charge is 2.97. The zero-order valence-electron chi connectivity index (χ0n) is 29.4. The van der Waals surface area contributed by atoms with Crippen LogP contribution in [-0.4, -0.2) is 126 Å². The summed E-state index contributed by atoms with van der Waals surface area (Å²) in [7, 11) is 2.23. The number of epoxide rings is 1. The molecule has 0 aromatic rings. The first-order valence-electron chi connectivity index (χ1n) is 17.2. The highest BCUT2D eigenvalue weighted by Crippen LogP contribution is 2.83. The fourth-order valence-electron chi connectivity index (χ4n) is 12.2. The van der Waals surface area contributed by atoms with Crippen molar-refractivity contribution in [1.29, 1.82) is 0 Å². The normalized spacial score (nSPS) is 53.9. The average Bonchev–Trinajstić information content (AvgIpc) is 3.47. The van der Waals surface area contributed by atoms with Crippen LogP contribution in [0.4, 0.5) is 0 Å². The molecule has 3 aliphatic carbocycles. The summed E-state index contributed by atoms with van der Waals surface area (Å²) in [5.41, 5.74) is -9.47. The van der Waals surface area contributed by atoms with E-state index in [4.69, 9.17) is 42.6 Å². The summed E-state index contributed by atoms with van der Waals surface area (Å²) < 4.78 is 54.0. The number of aliphatic hydroxyl groups is 3. The maximum Gasteiger partial charge on any atom is 0.366 e. The third-order valence-corrected chi connectivity index (χ3v) is 14.1. The van der Waals surface area contributed by atoms with Gasteiger partial charge in [-0.1, -0.05) is 13.0 Å². The summed E-state index contributed by atoms with van der Waals surface area (Å²) in [5, 5.41) is 37.4. The average molecular weight is 721 g/mol. The number of carbonyl (C=O) groups excluding carboxylic acids is 4. The molecule has 2 bridgehead atoms. The van der Waals surface area contributed by atoms with Crippen LogP contribution in [0.15, 0.2) is 24.0 Å². The number of ether oxygens (including phenoxy) is 9. The lowest BCUT2D eigenvalue weighted by molar-refractivity contribution is -0.314. The number of methoxy groups -OCH3 is 2. The van der Waals surface area contributed by atoms with Crippen LogP contribution in [-0.2, 0) is 61.8 Å². The molecule has 8 rings (SSSR count). The molecule has 5 aliphatic heterocycles. The van der Waals surface area contributed by atoms with Gasteiger partial charge in [0.15, 0.2) is 5.60 Å². The molecule has 51 heavy (non-hydrogen) atoms. The first kappa shape index (κ1) is 34.9. The van der Waals surface area contributed by atoms with Gasteiger partial charge >= 0.3 is 23.9 Å². The summed E-state index contributed by atoms with van der Waals surface area (Å²) >= 11 is 0. The largest absolute Gasteiger partial charge is 0.469 e. The molecule has 3 N–H and O–H groups in total. The Labute approximate surface area is 293 Å². The summed E-state index contributed by atoms with van der Waals surface area (Å²) in [4.78, 5) is 54.4. The molecule has 16 nitrogen and oxygen atoms in total. The monoisotopic (exact) mass is 720 g/mol. The molecule has 8 aliphatic rings. The van der Waals surface area contributed by atoms with Crippen LogP contribution in [0, 0.1) is 34.0 Å². The highest BCUT2D eigenvalue weighted by molar-refractivity contribution is 5.88. The van der Waals surface area contributed by atoms with Crippen molar-refractivity contribution >= 4 is 23.9 Å². The first-order chi connectivity index (χ1) is 23.9. The molecule has 5 heterocycles. The number of carbonyl (C=O) groups is 4. The van der Waals surface area contributed by atoms with Gasteiger partial charge in [-0.15, -0.1) is 0 Å². The van der Waals surface area contributed by atoms with Gasteiger partial charge in [-0.3, -0.25) is 9.59 Å². The van der Waals surface area contributed by atoms with Gasteiger partial charge < -0.3 is 58.0 Å². The van der Waals surface area contributed by atoms with Crippen molar-refractivity contribution in [2.75, 3.05) is 27.4 Å². The molecule has 3 saturated carbocycles. The van der Waals surface area contributed by atoms with E-state index in [9.17, 15) is 34.5 Å². The van der Waals surface area contributed by atoms with Crippen molar-refractivity contribution < 1.29 is 77.1 Å². The van der Waals surface area contributed by atoms with Gasteiger partial charge in [0, 0.05) is 47.5 Å². The van der Waals surface area contributed by atoms with Crippen LogP contribution in [0.5, 0.6) is 0 Å². The van der Waals surface area contributed by atoms with Crippen LogP contribution in [0.3, 0.4) is 0 Å². The van der Waals surface area contributed by atoms with Crippen LogP contribution in [0.25, 0.3) is 0 Å². The van der Waals surface area contributed by atoms with Gasteiger partial charge in [0.1, 0.15) is 28.8 Å². The predicted octanol–water partition coefficient (Wildman–Crippen LogP) is -0.203. The fraction of sp³-hybridized carbons (Fsp3) is 0.771. The number of hydrogen-bond donors (Lipinski definition) is 3. The van der Waals surface area contributed by atoms with E-state index in [1.165, 1.54) is 19.3 Å². The maximum atomic E-state index is 14.2. The Morgan fingerprint density at radius 3 is 2.31 bits per heavy atom. The number of rotatable bonds is 6.